The Labute approximate surface area is 122 Å². The predicted molar refractivity (Wildman–Crippen MR) is 81.3 cm³/mol. The number of anilines is 1. The van der Waals surface area contributed by atoms with E-state index in [-0.39, 0.29) is 5.92 Å². The molecule has 0 amide bonds. The third-order valence-electron chi connectivity index (χ3n) is 3.48. The molecule has 5 nitrogen and oxygen atoms in total. The molecule has 0 spiro atoms. The molecule has 2 unspecified atom stereocenters. The topological polar surface area (TPSA) is 80.5 Å². The zero-order valence-corrected chi connectivity index (χ0v) is 13.1. The average Bonchev–Trinajstić information content (AvgIpc) is 2.38. The molecule has 2 N–H and O–H groups in total. The highest BCUT2D eigenvalue weighted by Crippen LogP contribution is 2.21. The first kappa shape index (κ1) is 15.5. The van der Waals surface area contributed by atoms with Crippen molar-refractivity contribution >= 4 is 26.5 Å². The lowest BCUT2D eigenvalue weighted by Gasteiger charge is -2.30. The van der Waals surface area contributed by atoms with Crippen LogP contribution in [0.3, 0.4) is 0 Å². The molecule has 0 bridgehead atoms. The van der Waals surface area contributed by atoms with Gasteiger partial charge in [0.15, 0.2) is 0 Å². The predicted octanol–water partition coefficient (Wildman–Crippen LogP) is 1.05. The maximum atomic E-state index is 12.3. The van der Waals surface area contributed by atoms with Crippen LogP contribution in [0.1, 0.15) is 12.8 Å². The average molecular weight is 316 g/mol. The van der Waals surface area contributed by atoms with Crippen LogP contribution in [0.25, 0.3) is 0 Å². The maximum absolute atomic E-state index is 12.3. The van der Waals surface area contributed by atoms with E-state index in [1.165, 1.54) is 10.6 Å². The fourth-order valence-electron chi connectivity index (χ4n) is 2.39. The first-order valence-electron chi connectivity index (χ1n) is 6.55. The highest BCUT2D eigenvalue weighted by molar-refractivity contribution is 7.88. The van der Waals surface area contributed by atoms with Gasteiger partial charge in [0.1, 0.15) is 0 Å². The zero-order chi connectivity index (χ0) is 14.8. The number of hydrogen-bond donors (Lipinski definition) is 1. The Hall–Kier alpha value is -0.920. The summed E-state index contributed by atoms with van der Waals surface area (Å²) in [5.41, 5.74) is 6.25. The van der Waals surface area contributed by atoms with Gasteiger partial charge >= 0.3 is 0 Å². The van der Waals surface area contributed by atoms with E-state index in [1.807, 2.05) is 0 Å². The molecule has 112 valence electrons. The molecule has 1 aromatic rings. The minimum Gasteiger partial charge on any atom is -0.399 e. The van der Waals surface area contributed by atoms with Crippen LogP contribution in [0.5, 0.6) is 0 Å². The summed E-state index contributed by atoms with van der Waals surface area (Å²) in [4.78, 5) is 0.746. The van der Waals surface area contributed by atoms with Crippen LogP contribution < -0.4 is 5.73 Å². The molecule has 1 aliphatic heterocycles. The monoisotopic (exact) mass is 316 g/mol. The SMILES string of the molecule is CS(=O)(=O)N1CCCC(CS(=O)c2ccc(N)cc2)C1. The van der Waals surface area contributed by atoms with E-state index in [2.05, 4.69) is 0 Å². The fraction of sp³-hybridized carbons (Fsp3) is 0.538. The lowest BCUT2D eigenvalue weighted by atomic mass is 10.0. The molecule has 0 radical (unpaired) electrons. The minimum atomic E-state index is -3.15. The van der Waals surface area contributed by atoms with Crippen LogP contribution >= 0.6 is 0 Å². The third kappa shape index (κ3) is 4.04. The van der Waals surface area contributed by atoms with Gasteiger partial charge in [-0.15, -0.1) is 0 Å². The van der Waals surface area contributed by atoms with E-state index in [1.54, 1.807) is 24.3 Å². The molecular weight excluding hydrogens is 296 g/mol. The number of nitrogen functional groups attached to an aromatic ring is 1. The molecule has 0 saturated carbocycles. The number of hydrogen-bond acceptors (Lipinski definition) is 4. The Morgan fingerprint density at radius 2 is 2.00 bits per heavy atom. The van der Waals surface area contributed by atoms with Gasteiger partial charge in [0.25, 0.3) is 0 Å². The summed E-state index contributed by atoms with van der Waals surface area (Å²) in [7, 11) is -4.25. The molecule has 1 aromatic carbocycles. The molecule has 0 aliphatic carbocycles. The summed E-state index contributed by atoms with van der Waals surface area (Å²) in [5, 5.41) is 0. The summed E-state index contributed by atoms with van der Waals surface area (Å²) < 4.78 is 36.9. The second-order valence-electron chi connectivity index (χ2n) is 5.21. The van der Waals surface area contributed by atoms with Crippen molar-refractivity contribution in [1.29, 1.82) is 0 Å². The summed E-state index contributed by atoms with van der Waals surface area (Å²) in [5.74, 6) is 0.646. The van der Waals surface area contributed by atoms with Gasteiger partial charge in [-0.3, -0.25) is 4.21 Å². The van der Waals surface area contributed by atoms with Crippen LogP contribution in [0.15, 0.2) is 29.2 Å². The maximum Gasteiger partial charge on any atom is 0.211 e. The summed E-state index contributed by atoms with van der Waals surface area (Å²) in [6.45, 7) is 1.05. The van der Waals surface area contributed by atoms with Crippen LogP contribution in [0.2, 0.25) is 0 Å². The van der Waals surface area contributed by atoms with Gasteiger partial charge in [-0.1, -0.05) is 0 Å². The Kier molecular flexibility index (Phi) is 4.82. The van der Waals surface area contributed by atoms with Crippen LogP contribution in [0, 0.1) is 5.92 Å². The van der Waals surface area contributed by atoms with Crippen molar-refractivity contribution in [3.05, 3.63) is 24.3 Å². The van der Waals surface area contributed by atoms with Crippen molar-refractivity contribution in [3.8, 4) is 0 Å². The Morgan fingerprint density at radius 3 is 2.60 bits per heavy atom. The second kappa shape index (κ2) is 6.24. The quantitative estimate of drug-likeness (QED) is 0.842. The highest BCUT2D eigenvalue weighted by atomic mass is 32.2. The van der Waals surface area contributed by atoms with Crippen molar-refractivity contribution in [2.75, 3.05) is 30.8 Å². The van der Waals surface area contributed by atoms with Crippen LogP contribution in [-0.4, -0.2) is 42.0 Å². The van der Waals surface area contributed by atoms with E-state index >= 15 is 0 Å². The number of rotatable bonds is 4. The Morgan fingerprint density at radius 1 is 1.35 bits per heavy atom. The molecule has 0 aromatic heterocycles. The van der Waals surface area contributed by atoms with Crippen LogP contribution in [-0.2, 0) is 20.8 Å². The lowest BCUT2D eigenvalue weighted by Crippen LogP contribution is -2.40. The number of nitrogens with zero attached hydrogens (tertiary/aromatic N) is 1. The van der Waals surface area contributed by atoms with Gasteiger partial charge in [-0.2, -0.15) is 0 Å². The van der Waals surface area contributed by atoms with Gasteiger partial charge in [-0.25, -0.2) is 12.7 Å². The van der Waals surface area contributed by atoms with E-state index in [4.69, 9.17) is 5.73 Å². The summed E-state index contributed by atoms with van der Waals surface area (Å²) in [6, 6.07) is 7.00. The zero-order valence-electron chi connectivity index (χ0n) is 11.5. The van der Waals surface area contributed by atoms with Gasteiger partial charge in [0.2, 0.25) is 10.0 Å². The van der Waals surface area contributed by atoms with E-state index in [0.717, 1.165) is 17.7 Å². The number of piperidine rings is 1. The lowest BCUT2D eigenvalue weighted by molar-refractivity contribution is 0.285. The Bertz CT molecular complexity index is 584. The van der Waals surface area contributed by atoms with E-state index in [0.29, 0.717) is 24.5 Å². The second-order valence-corrected chi connectivity index (χ2v) is 8.69. The molecule has 7 heteroatoms. The van der Waals surface area contributed by atoms with Crippen molar-refractivity contribution in [2.24, 2.45) is 5.92 Å². The largest absolute Gasteiger partial charge is 0.399 e. The minimum absolute atomic E-state index is 0.150. The fourth-order valence-corrected chi connectivity index (χ4v) is 4.67. The van der Waals surface area contributed by atoms with Crippen molar-refractivity contribution in [3.63, 3.8) is 0 Å². The smallest absolute Gasteiger partial charge is 0.211 e. The van der Waals surface area contributed by atoms with E-state index < -0.39 is 20.8 Å². The molecule has 1 aliphatic rings. The molecular formula is C13H20N2O3S2. The van der Waals surface area contributed by atoms with Gasteiger partial charge in [-0.05, 0) is 43.0 Å². The van der Waals surface area contributed by atoms with E-state index in [9.17, 15) is 12.6 Å². The molecule has 2 rings (SSSR count). The van der Waals surface area contributed by atoms with Gasteiger partial charge < -0.3 is 5.73 Å². The third-order valence-corrected chi connectivity index (χ3v) is 6.32. The first-order valence-corrected chi connectivity index (χ1v) is 9.72. The number of nitrogens with two attached hydrogens (primary N) is 1. The number of benzene rings is 1. The molecule has 2 atom stereocenters. The molecule has 20 heavy (non-hydrogen) atoms. The number of sulfonamides is 1. The summed E-state index contributed by atoms with van der Waals surface area (Å²) in [6.07, 6.45) is 2.98. The van der Waals surface area contributed by atoms with Gasteiger partial charge in [0, 0.05) is 29.4 Å². The van der Waals surface area contributed by atoms with Crippen molar-refractivity contribution < 1.29 is 12.6 Å². The summed E-state index contributed by atoms with van der Waals surface area (Å²) >= 11 is 0. The van der Waals surface area contributed by atoms with Crippen LogP contribution in [0.4, 0.5) is 5.69 Å². The molecule has 1 fully saturated rings. The molecule has 1 saturated heterocycles. The van der Waals surface area contributed by atoms with Crippen molar-refractivity contribution in [1.82, 2.24) is 4.31 Å². The first-order chi connectivity index (χ1) is 9.36. The van der Waals surface area contributed by atoms with Crippen molar-refractivity contribution in [2.45, 2.75) is 17.7 Å². The molecule has 1 heterocycles. The van der Waals surface area contributed by atoms with Gasteiger partial charge in [0.05, 0.1) is 17.1 Å². The highest BCUT2D eigenvalue weighted by Gasteiger charge is 2.27. The normalized spacial score (nSPS) is 22.6. The standard InChI is InChI=1S/C13H20N2O3S2/c1-20(17,18)15-8-2-3-11(9-15)10-19(16)13-6-4-12(14)5-7-13/h4-7,11H,2-3,8-10,14H2,1H3. The Balaban J connectivity index is 1.99.